The van der Waals surface area contributed by atoms with Crippen molar-refractivity contribution in [3.8, 4) is 0 Å². The summed E-state index contributed by atoms with van der Waals surface area (Å²) in [6.45, 7) is 3.22. The molecule has 5 heteroatoms. The molecule has 3 aliphatic rings. The first kappa shape index (κ1) is 13.3. The van der Waals surface area contributed by atoms with Gasteiger partial charge in [0, 0.05) is 18.2 Å². The van der Waals surface area contributed by atoms with Crippen molar-refractivity contribution in [1.29, 1.82) is 0 Å². The smallest absolute Gasteiger partial charge is 0.285 e. The van der Waals surface area contributed by atoms with Gasteiger partial charge >= 0.3 is 0 Å². The van der Waals surface area contributed by atoms with E-state index in [1.54, 1.807) is 12.1 Å². The monoisotopic (exact) mass is 304 g/mol. The summed E-state index contributed by atoms with van der Waals surface area (Å²) in [5, 5.41) is 0. The second-order valence-electron chi connectivity index (χ2n) is 6.53. The molecule has 3 atom stereocenters. The third-order valence-corrected chi connectivity index (χ3v) is 6.61. The summed E-state index contributed by atoms with van der Waals surface area (Å²) in [5.74, 6) is 2.00. The SMILES string of the molecule is CC1CN(C2=NS(=O)(=O)c3ccccc32)C2CCCCC12. The van der Waals surface area contributed by atoms with Crippen molar-refractivity contribution in [2.75, 3.05) is 6.54 Å². The summed E-state index contributed by atoms with van der Waals surface area (Å²) >= 11 is 0. The van der Waals surface area contributed by atoms with E-state index in [0.29, 0.717) is 28.6 Å². The van der Waals surface area contributed by atoms with Crippen LogP contribution in [0, 0.1) is 11.8 Å². The maximum absolute atomic E-state index is 12.2. The van der Waals surface area contributed by atoms with Gasteiger partial charge in [0.2, 0.25) is 0 Å². The summed E-state index contributed by atoms with van der Waals surface area (Å²) in [4.78, 5) is 2.64. The van der Waals surface area contributed by atoms with Crippen LogP contribution in [0.25, 0.3) is 0 Å². The molecule has 1 aromatic rings. The summed E-state index contributed by atoms with van der Waals surface area (Å²) in [7, 11) is -3.50. The van der Waals surface area contributed by atoms with Crippen LogP contribution in [0.2, 0.25) is 0 Å². The first-order chi connectivity index (χ1) is 10.1. The zero-order chi connectivity index (χ0) is 14.6. The lowest BCUT2D eigenvalue weighted by molar-refractivity contribution is 0.240. The maximum atomic E-state index is 12.2. The minimum Gasteiger partial charge on any atom is -0.352 e. The van der Waals surface area contributed by atoms with Crippen molar-refractivity contribution in [1.82, 2.24) is 4.90 Å². The molecule has 1 saturated carbocycles. The van der Waals surface area contributed by atoms with E-state index in [9.17, 15) is 8.42 Å². The number of likely N-dealkylation sites (tertiary alicyclic amines) is 1. The number of fused-ring (bicyclic) bond motifs is 2. The number of benzene rings is 1. The molecule has 4 nitrogen and oxygen atoms in total. The molecule has 1 aromatic carbocycles. The molecule has 2 fully saturated rings. The highest BCUT2D eigenvalue weighted by Gasteiger charge is 2.44. The van der Waals surface area contributed by atoms with E-state index < -0.39 is 10.0 Å². The van der Waals surface area contributed by atoms with Gasteiger partial charge in [-0.3, -0.25) is 0 Å². The van der Waals surface area contributed by atoms with Crippen LogP contribution in [-0.2, 0) is 10.0 Å². The molecule has 0 amide bonds. The first-order valence-electron chi connectivity index (χ1n) is 7.79. The predicted octanol–water partition coefficient (Wildman–Crippen LogP) is 2.65. The predicted molar refractivity (Wildman–Crippen MR) is 81.8 cm³/mol. The highest BCUT2D eigenvalue weighted by atomic mass is 32.2. The lowest BCUT2D eigenvalue weighted by Gasteiger charge is -2.33. The molecule has 0 bridgehead atoms. The topological polar surface area (TPSA) is 49.7 Å². The van der Waals surface area contributed by atoms with Crippen molar-refractivity contribution in [2.45, 2.75) is 43.5 Å². The van der Waals surface area contributed by atoms with E-state index >= 15 is 0 Å². The number of rotatable bonds is 0. The molecule has 1 saturated heterocycles. The molecule has 0 aromatic heterocycles. The number of amidine groups is 1. The van der Waals surface area contributed by atoms with Crippen molar-refractivity contribution in [3.63, 3.8) is 0 Å². The highest BCUT2D eigenvalue weighted by Crippen LogP contribution is 2.42. The molecule has 4 rings (SSSR count). The van der Waals surface area contributed by atoms with Gasteiger partial charge in [0.25, 0.3) is 10.0 Å². The van der Waals surface area contributed by atoms with E-state index in [-0.39, 0.29) is 0 Å². The lowest BCUT2D eigenvalue weighted by Crippen LogP contribution is -2.39. The summed E-state index contributed by atoms with van der Waals surface area (Å²) < 4.78 is 28.6. The van der Waals surface area contributed by atoms with E-state index in [4.69, 9.17) is 0 Å². The highest BCUT2D eigenvalue weighted by molar-refractivity contribution is 7.90. The average Bonchev–Trinajstić information content (AvgIpc) is 2.96. The Kier molecular flexibility index (Phi) is 2.89. The molecule has 2 heterocycles. The molecule has 2 aliphatic heterocycles. The van der Waals surface area contributed by atoms with Crippen molar-refractivity contribution in [2.24, 2.45) is 16.2 Å². The van der Waals surface area contributed by atoms with Crippen molar-refractivity contribution >= 4 is 15.9 Å². The Balaban J connectivity index is 1.78. The third-order valence-electron chi connectivity index (χ3n) is 5.28. The molecular formula is C16H20N2O2S. The Morgan fingerprint density at radius 2 is 1.95 bits per heavy atom. The molecule has 0 spiro atoms. The van der Waals surface area contributed by atoms with Crippen LogP contribution in [0.1, 0.15) is 38.2 Å². The van der Waals surface area contributed by atoms with Gasteiger partial charge in [0.1, 0.15) is 4.90 Å². The number of sulfonamides is 1. The standard InChI is InChI=1S/C16H20N2O2S/c1-11-10-18(14-8-4-2-6-12(11)14)16-13-7-3-5-9-15(13)21(19,20)17-16/h3,5,7,9,11-12,14H,2,4,6,8,10H2,1H3. The van der Waals surface area contributed by atoms with Crippen LogP contribution in [0.4, 0.5) is 0 Å². The fourth-order valence-corrected chi connectivity index (χ4v) is 5.53. The summed E-state index contributed by atoms with van der Waals surface area (Å²) in [6.07, 6.45) is 4.98. The molecule has 3 unspecified atom stereocenters. The molecule has 0 radical (unpaired) electrons. The molecule has 112 valence electrons. The zero-order valence-corrected chi connectivity index (χ0v) is 13.0. The Hall–Kier alpha value is -1.36. The van der Waals surface area contributed by atoms with Crippen molar-refractivity contribution < 1.29 is 8.42 Å². The number of nitrogens with zero attached hydrogens (tertiary/aromatic N) is 2. The van der Waals surface area contributed by atoms with Gasteiger partial charge in [-0.1, -0.05) is 31.9 Å². The van der Waals surface area contributed by atoms with Crippen LogP contribution in [0.5, 0.6) is 0 Å². The number of hydrogen-bond donors (Lipinski definition) is 0. The average molecular weight is 304 g/mol. The van der Waals surface area contributed by atoms with E-state index in [0.717, 1.165) is 18.5 Å². The van der Waals surface area contributed by atoms with Crippen LogP contribution >= 0.6 is 0 Å². The van der Waals surface area contributed by atoms with Gasteiger partial charge in [0.05, 0.1) is 0 Å². The summed E-state index contributed by atoms with van der Waals surface area (Å²) in [6, 6.07) is 7.69. The fraction of sp³-hybridized carbons (Fsp3) is 0.562. The largest absolute Gasteiger partial charge is 0.352 e. The Morgan fingerprint density at radius 1 is 1.19 bits per heavy atom. The third kappa shape index (κ3) is 1.94. The summed E-state index contributed by atoms with van der Waals surface area (Å²) in [5.41, 5.74) is 0.788. The normalized spacial score (nSPS) is 33.5. The van der Waals surface area contributed by atoms with Gasteiger partial charge in [-0.15, -0.1) is 4.40 Å². The van der Waals surface area contributed by atoms with Gasteiger partial charge in [-0.2, -0.15) is 8.42 Å². The van der Waals surface area contributed by atoms with Crippen molar-refractivity contribution in [3.05, 3.63) is 29.8 Å². The quantitative estimate of drug-likeness (QED) is 0.740. The molecule has 0 N–H and O–H groups in total. The minimum absolute atomic E-state index is 0.368. The Bertz CT molecular complexity index is 711. The Morgan fingerprint density at radius 3 is 2.81 bits per heavy atom. The molecule has 21 heavy (non-hydrogen) atoms. The van der Waals surface area contributed by atoms with E-state index in [1.165, 1.54) is 19.3 Å². The van der Waals surface area contributed by atoms with Gasteiger partial charge in [0.15, 0.2) is 5.84 Å². The van der Waals surface area contributed by atoms with Crippen LogP contribution in [-0.4, -0.2) is 31.7 Å². The second-order valence-corrected chi connectivity index (χ2v) is 8.10. The van der Waals surface area contributed by atoms with Crippen LogP contribution < -0.4 is 0 Å². The fourth-order valence-electron chi connectivity index (χ4n) is 4.31. The number of hydrogen-bond acceptors (Lipinski definition) is 3. The van der Waals surface area contributed by atoms with Gasteiger partial charge in [-0.05, 0) is 36.8 Å². The molecular weight excluding hydrogens is 284 g/mol. The lowest BCUT2D eigenvalue weighted by atomic mass is 9.80. The minimum atomic E-state index is -3.50. The van der Waals surface area contributed by atoms with Crippen LogP contribution in [0.3, 0.4) is 0 Å². The van der Waals surface area contributed by atoms with E-state index in [2.05, 4.69) is 16.2 Å². The zero-order valence-electron chi connectivity index (χ0n) is 12.2. The molecule has 1 aliphatic carbocycles. The first-order valence-corrected chi connectivity index (χ1v) is 9.23. The van der Waals surface area contributed by atoms with Gasteiger partial charge in [-0.25, -0.2) is 0 Å². The van der Waals surface area contributed by atoms with E-state index in [1.807, 2.05) is 12.1 Å². The Labute approximate surface area is 125 Å². The second kappa shape index (κ2) is 4.57. The van der Waals surface area contributed by atoms with Gasteiger partial charge < -0.3 is 4.90 Å². The maximum Gasteiger partial charge on any atom is 0.285 e. The van der Waals surface area contributed by atoms with Crippen LogP contribution in [0.15, 0.2) is 33.6 Å².